The van der Waals surface area contributed by atoms with E-state index >= 15 is 0 Å². The van der Waals surface area contributed by atoms with Gasteiger partial charge in [-0.15, -0.1) is 0 Å². The molecule has 0 aromatic carbocycles. The van der Waals surface area contributed by atoms with Gasteiger partial charge in [-0.05, 0) is 26.2 Å². The van der Waals surface area contributed by atoms with Crippen LogP contribution >= 0.6 is 0 Å². The van der Waals surface area contributed by atoms with Crippen molar-refractivity contribution in [2.75, 3.05) is 6.61 Å². The molecule has 0 rings (SSSR count). The lowest BCUT2D eigenvalue weighted by atomic mass is 10.2. The van der Waals surface area contributed by atoms with Crippen LogP contribution in [0.4, 0.5) is 0 Å². The van der Waals surface area contributed by atoms with Crippen LogP contribution in [-0.4, -0.2) is 18.4 Å². The standard InChI is InChI=1S/C14H22O3/c1-3-4-5-6-7-8-9-12-17-14(16)11-10-13(2)15/h4-5,8-9H,3,6-7,10-12H2,1-2H3. The van der Waals surface area contributed by atoms with E-state index in [4.69, 9.17) is 4.74 Å². The van der Waals surface area contributed by atoms with Gasteiger partial charge in [0.2, 0.25) is 0 Å². The summed E-state index contributed by atoms with van der Waals surface area (Å²) in [7, 11) is 0. The smallest absolute Gasteiger partial charge is 0.306 e. The first-order chi connectivity index (χ1) is 8.16. The lowest BCUT2D eigenvalue weighted by Gasteiger charge is -1.99. The van der Waals surface area contributed by atoms with Crippen molar-refractivity contribution in [3.05, 3.63) is 24.3 Å². The Morgan fingerprint density at radius 2 is 1.65 bits per heavy atom. The Morgan fingerprint density at radius 1 is 1.00 bits per heavy atom. The van der Waals surface area contributed by atoms with E-state index < -0.39 is 0 Å². The number of allylic oxidation sites excluding steroid dienone is 3. The van der Waals surface area contributed by atoms with E-state index in [-0.39, 0.29) is 24.6 Å². The van der Waals surface area contributed by atoms with Gasteiger partial charge >= 0.3 is 5.97 Å². The number of hydrogen-bond donors (Lipinski definition) is 0. The van der Waals surface area contributed by atoms with Gasteiger partial charge < -0.3 is 9.53 Å². The summed E-state index contributed by atoms with van der Waals surface area (Å²) in [6.45, 7) is 3.87. The first kappa shape index (κ1) is 15.6. The van der Waals surface area contributed by atoms with Crippen molar-refractivity contribution in [3.8, 4) is 0 Å². The predicted molar refractivity (Wildman–Crippen MR) is 68.7 cm³/mol. The number of Topliss-reactive ketones (excluding diaryl/α,β-unsaturated/α-hetero) is 1. The zero-order valence-corrected chi connectivity index (χ0v) is 10.8. The van der Waals surface area contributed by atoms with Crippen LogP contribution in [0.5, 0.6) is 0 Å². The summed E-state index contributed by atoms with van der Waals surface area (Å²) in [5, 5.41) is 0. The number of carbonyl (C=O) groups is 2. The second-order valence-electron chi connectivity index (χ2n) is 3.81. The maximum Gasteiger partial charge on any atom is 0.306 e. The summed E-state index contributed by atoms with van der Waals surface area (Å²) in [6, 6.07) is 0. The molecule has 0 aliphatic heterocycles. The summed E-state index contributed by atoms with van der Waals surface area (Å²) in [5.41, 5.74) is 0. The number of unbranched alkanes of at least 4 members (excludes halogenated alkanes) is 1. The average Bonchev–Trinajstić information content (AvgIpc) is 2.30. The molecule has 0 aliphatic rings. The molecule has 0 saturated carbocycles. The third kappa shape index (κ3) is 12.6. The Labute approximate surface area is 104 Å². The van der Waals surface area contributed by atoms with Gasteiger partial charge in [0.1, 0.15) is 12.4 Å². The van der Waals surface area contributed by atoms with Gasteiger partial charge in [-0.1, -0.05) is 31.2 Å². The van der Waals surface area contributed by atoms with E-state index in [1.807, 2.05) is 12.2 Å². The second kappa shape index (κ2) is 11.1. The van der Waals surface area contributed by atoms with Crippen molar-refractivity contribution in [2.45, 2.75) is 46.0 Å². The minimum atomic E-state index is -0.310. The molecule has 0 N–H and O–H groups in total. The summed E-state index contributed by atoms with van der Waals surface area (Å²) in [4.78, 5) is 21.7. The molecule has 0 bridgehead atoms. The number of esters is 1. The molecule has 0 spiro atoms. The van der Waals surface area contributed by atoms with Crippen LogP contribution in [-0.2, 0) is 14.3 Å². The molecule has 0 saturated heterocycles. The summed E-state index contributed by atoms with van der Waals surface area (Å²) < 4.78 is 4.92. The van der Waals surface area contributed by atoms with Crippen LogP contribution in [0.25, 0.3) is 0 Å². The minimum absolute atomic E-state index is 0.0141. The van der Waals surface area contributed by atoms with Gasteiger partial charge in [-0.3, -0.25) is 4.79 Å². The Balaban J connectivity index is 3.42. The molecule has 3 nitrogen and oxygen atoms in total. The van der Waals surface area contributed by atoms with Crippen LogP contribution in [0.3, 0.4) is 0 Å². The molecule has 96 valence electrons. The zero-order valence-electron chi connectivity index (χ0n) is 10.8. The van der Waals surface area contributed by atoms with Crippen LogP contribution in [0, 0.1) is 0 Å². The van der Waals surface area contributed by atoms with Crippen molar-refractivity contribution >= 4 is 11.8 Å². The average molecular weight is 238 g/mol. The van der Waals surface area contributed by atoms with E-state index in [0.717, 1.165) is 19.3 Å². The van der Waals surface area contributed by atoms with Crippen molar-refractivity contribution in [2.24, 2.45) is 0 Å². The van der Waals surface area contributed by atoms with E-state index in [1.54, 1.807) is 0 Å². The van der Waals surface area contributed by atoms with Crippen molar-refractivity contribution in [1.29, 1.82) is 0 Å². The van der Waals surface area contributed by atoms with Gasteiger partial charge in [-0.2, -0.15) is 0 Å². The van der Waals surface area contributed by atoms with Crippen LogP contribution in [0.15, 0.2) is 24.3 Å². The van der Waals surface area contributed by atoms with Gasteiger partial charge in [0, 0.05) is 6.42 Å². The van der Waals surface area contributed by atoms with Gasteiger partial charge in [0.15, 0.2) is 0 Å². The number of ether oxygens (including phenoxy) is 1. The summed E-state index contributed by atoms with van der Waals surface area (Å²) in [6.07, 6.45) is 11.6. The van der Waals surface area contributed by atoms with Crippen molar-refractivity contribution < 1.29 is 14.3 Å². The predicted octanol–water partition coefficient (Wildman–Crippen LogP) is 3.20. The third-order valence-electron chi connectivity index (χ3n) is 2.09. The van der Waals surface area contributed by atoms with Gasteiger partial charge in [0.25, 0.3) is 0 Å². The Hall–Kier alpha value is -1.38. The summed E-state index contributed by atoms with van der Waals surface area (Å²) >= 11 is 0. The molecule has 0 atom stereocenters. The van der Waals surface area contributed by atoms with Crippen molar-refractivity contribution in [1.82, 2.24) is 0 Å². The van der Waals surface area contributed by atoms with Crippen molar-refractivity contribution in [3.63, 3.8) is 0 Å². The fraction of sp³-hybridized carbons (Fsp3) is 0.571. The number of carbonyl (C=O) groups excluding carboxylic acids is 2. The fourth-order valence-electron chi connectivity index (χ4n) is 1.15. The van der Waals surface area contributed by atoms with Crippen LogP contribution in [0.2, 0.25) is 0 Å². The first-order valence-corrected chi connectivity index (χ1v) is 6.11. The maximum absolute atomic E-state index is 11.1. The van der Waals surface area contributed by atoms with Gasteiger partial charge in [0.05, 0.1) is 6.42 Å². The SMILES string of the molecule is CCC=CCCC=CCOC(=O)CCC(C)=O. The molecule has 0 radical (unpaired) electrons. The molecule has 0 aromatic heterocycles. The highest BCUT2D eigenvalue weighted by Gasteiger charge is 2.02. The topological polar surface area (TPSA) is 43.4 Å². The first-order valence-electron chi connectivity index (χ1n) is 6.11. The lowest BCUT2D eigenvalue weighted by Crippen LogP contribution is -2.06. The number of rotatable bonds is 9. The van der Waals surface area contributed by atoms with E-state index in [1.165, 1.54) is 6.92 Å². The lowest BCUT2D eigenvalue weighted by molar-refractivity contribution is -0.143. The monoisotopic (exact) mass is 238 g/mol. The molecule has 17 heavy (non-hydrogen) atoms. The molecule has 0 unspecified atom stereocenters. The minimum Gasteiger partial charge on any atom is -0.461 e. The summed E-state index contributed by atoms with van der Waals surface area (Å²) in [5.74, 6) is -0.295. The Morgan fingerprint density at radius 3 is 2.24 bits per heavy atom. The Kier molecular flexibility index (Phi) is 10.2. The molecule has 0 amide bonds. The quantitative estimate of drug-likeness (QED) is 0.352. The molecule has 0 aliphatic carbocycles. The van der Waals surface area contributed by atoms with Gasteiger partial charge in [-0.25, -0.2) is 0 Å². The van der Waals surface area contributed by atoms with E-state index in [2.05, 4.69) is 19.1 Å². The zero-order chi connectivity index (χ0) is 12.9. The van der Waals surface area contributed by atoms with E-state index in [0.29, 0.717) is 6.61 Å². The van der Waals surface area contributed by atoms with E-state index in [9.17, 15) is 9.59 Å². The Bertz CT molecular complexity index is 277. The molecule has 0 heterocycles. The number of ketones is 1. The molecule has 0 aromatic rings. The molecule has 0 fully saturated rings. The highest BCUT2D eigenvalue weighted by atomic mass is 16.5. The molecular weight excluding hydrogens is 216 g/mol. The highest BCUT2D eigenvalue weighted by molar-refractivity contribution is 5.80. The third-order valence-corrected chi connectivity index (χ3v) is 2.09. The second-order valence-corrected chi connectivity index (χ2v) is 3.81. The largest absolute Gasteiger partial charge is 0.461 e. The van der Waals surface area contributed by atoms with Crippen LogP contribution < -0.4 is 0 Å². The maximum atomic E-state index is 11.1. The number of hydrogen-bond acceptors (Lipinski definition) is 3. The molecule has 3 heteroatoms. The van der Waals surface area contributed by atoms with Crippen LogP contribution in [0.1, 0.15) is 46.0 Å². The highest BCUT2D eigenvalue weighted by Crippen LogP contribution is 1.96. The fourth-order valence-corrected chi connectivity index (χ4v) is 1.15. The normalized spacial score (nSPS) is 11.2. The molecular formula is C14H22O3.